The van der Waals surface area contributed by atoms with Crippen LogP contribution in [0.5, 0.6) is 5.75 Å². The molecular formula is C16H19NO6. The molecule has 0 bridgehead atoms. The van der Waals surface area contributed by atoms with Crippen LogP contribution < -0.4 is 0 Å². The van der Waals surface area contributed by atoms with E-state index in [1.165, 1.54) is 12.1 Å². The topological polar surface area (TPSA) is 107 Å². The van der Waals surface area contributed by atoms with Crippen molar-refractivity contribution < 1.29 is 24.4 Å². The van der Waals surface area contributed by atoms with Gasteiger partial charge in [0.25, 0.3) is 0 Å². The number of nitrogens with zero attached hydrogens (tertiary/aromatic N) is 1. The van der Waals surface area contributed by atoms with Crippen molar-refractivity contribution in [3.8, 4) is 5.75 Å². The second-order valence-electron chi connectivity index (χ2n) is 5.60. The van der Waals surface area contributed by atoms with Gasteiger partial charge in [-0.3, -0.25) is 19.7 Å². The second kappa shape index (κ2) is 6.76. The summed E-state index contributed by atoms with van der Waals surface area (Å²) < 4.78 is 5.06. The summed E-state index contributed by atoms with van der Waals surface area (Å²) in [7, 11) is 0. The fourth-order valence-electron chi connectivity index (χ4n) is 3.33. The molecule has 0 aliphatic heterocycles. The number of Topliss-reactive ketones (excluding diaryl/α,β-unsaturated/α-hetero) is 1. The minimum atomic E-state index is -1.60. The Morgan fingerprint density at radius 1 is 1.48 bits per heavy atom. The van der Waals surface area contributed by atoms with Gasteiger partial charge < -0.3 is 9.84 Å². The minimum absolute atomic E-state index is 0.0832. The van der Waals surface area contributed by atoms with E-state index in [2.05, 4.69) is 0 Å². The maximum absolute atomic E-state index is 12.5. The van der Waals surface area contributed by atoms with E-state index in [1.54, 1.807) is 19.1 Å². The zero-order valence-electron chi connectivity index (χ0n) is 12.9. The largest absolute Gasteiger partial charge is 0.508 e. The Bertz CT molecular complexity index is 629. The van der Waals surface area contributed by atoms with Crippen molar-refractivity contribution in [2.24, 2.45) is 5.41 Å². The molecule has 1 aromatic carbocycles. The van der Waals surface area contributed by atoms with Crippen molar-refractivity contribution in [1.82, 2.24) is 0 Å². The summed E-state index contributed by atoms with van der Waals surface area (Å²) in [6.45, 7) is 1.08. The maximum Gasteiger partial charge on any atom is 0.320 e. The van der Waals surface area contributed by atoms with Gasteiger partial charge in [0, 0.05) is 16.9 Å². The molecule has 23 heavy (non-hydrogen) atoms. The van der Waals surface area contributed by atoms with Gasteiger partial charge in [-0.1, -0.05) is 18.2 Å². The lowest BCUT2D eigenvalue weighted by Gasteiger charge is -2.32. The molecule has 2 atom stereocenters. The molecule has 0 unspecified atom stereocenters. The number of aromatic hydroxyl groups is 1. The van der Waals surface area contributed by atoms with E-state index in [9.17, 15) is 24.8 Å². The average Bonchev–Trinajstić information content (AvgIpc) is 2.88. The number of nitro groups is 1. The molecule has 2 rings (SSSR count). The van der Waals surface area contributed by atoms with Crippen LogP contribution in [0, 0.1) is 15.5 Å². The van der Waals surface area contributed by atoms with Crippen LogP contribution in [0.1, 0.15) is 37.7 Å². The Morgan fingerprint density at radius 2 is 2.17 bits per heavy atom. The lowest BCUT2D eigenvalue weighted by Crippen LogP contribution is -2.45. The number of benzene rings is 1. The molecule has 0 amide bonds. The van der Waals surface area contributed by atoms with Gasteiger partial charge in [0.1, 0.15) is 11.2 Å². The number of hydrogen-bond acceptors (Lipinski definition) is 6. The molecule has 0 radical (unpaired) electrons. The lowest BCUT2D eigenvalue weighted by molar-refractivity contribution is -0.485. The summed E-state index contributed by atoms with van der Waals surface area (Å²) in [5, 5.41) is 21.2. The van der Waals surface area contributed by atoms with E-state index < -0.39 is 28.8 Å². The molecular weight excluding hydrogens is 302 g/mol. The summed E-state index contributed by atoms with van der Waals surface area (Å²) in [5.74, 6) is -2.31. The van der Waals surface area contributed by atoms with Gasteiger partial charge in [-0.25, -0.2) is 0 Å². The number of phenolic OH excluding ortho intramolecular Hbond substituents is 1. The van der Waals surface area contributed by atoms with Gasteiger partial charge in [-0.15, -0.1) is 0 Å². The molecule has 1 saturated carbocycles. The van der Waals surface area contributed by atoms with Crippen molar-refractivity contribution >= 4 is 11.8 Å². The predicted molar refractivity (Wildman–Crippen MR) is 80.6 cm³/mol. The van der Waals surface area contributed by atoms with Crippen LogP contribution in [0.25, 0.3) is 0 Å². The van der Waals surface area contributed by atoms with Crippen LogP contribution in [0.2, 0.25) is 0 Å². The molecule has 1 N–H and O–H groups in total. The Morgan fingerprint density at radius 3 is 2.70 bits per heavy atom. The van der Waals surface area contributed by atoms with Gasteiger partial charge in [-0.05, 0) is 25.8 Å². The van der Waals surface area contributed by atoms with E-state index >= 15 is 0 Å². The number of rotatable bonds is 6. The van der Waals surface area contributed by atoms with Crippen LogP contribution in [-0.4, -0.2) is 34.9 Å². The molecule has 0 spiro atoms. The number of ether oxygens (including phenoxy) is 1. The quantitative estimate of drug-likeness (QED) is 0.372. The van der Waals surface area contributed by atoms with Gasteiger partial charge in [0.2, 0.25) is 6.54 Å². The molecule has 1 aromatic rings. The highest BCUT2D eigenvalue weighted by atomic mass is 16.6. The minimum Gasteiger partial charge on any atom is -0.508 e. The lowest BCUT2D eigenvalue weighted by atomic mass is 9.69. The highest BCUT2D eigenvalue weighted by Gasteiger charge is 2.58. The van der Waals surface area contributed by atoms with E-state index in [4.69, 9.17) is 4.74 Å². The Balaban J connectivity index is 2.58. The number of phenols is 1. The Labute approximate surface area is 133 Å². The molecule has 7 nitrogen and oxygen atoms in total. The molecule has 1 aliphatic carbocycles. The number of para-hydroxylation sites is 1. The van der Waals surface area contributed by atoms with Gasteiger partial charge in [0.15, 0.2) is 5.78 Å². The average molecular weight is 321 g/mol. The summed E-state index contributed by atoms with van der Waals surface area (Å²) in [6, 6.07) is 6.09. The highest BCUT2D eigenvalue weighted by Crippen LogP contribution is 2.49. The van der Waals surface area contributed by atoms with Crippen molar-refractivity contribution in [2.75, 3.05) is 13.2 Å². The first kappa shape index (κ1) is 16.9. The first-order chi connectivity index (χ1) is 10.9. The summed E-state index contributed by atoms with van der Waals surface area (Å²) in [4.78, 5) is 35.6. The van der Waals surface area contributed by atoms with Crippen LogP contribution in [0.4, 0.5) is 0 Å². The van der Waals surface area contributed by atoms with E-state index in [0.29, 0.717) is 6.42 Å². The monoisotopic (exact) mass is 321 g/mol. The zero-order chi connectivity index (χ0) is 17.0. The van der Waals surface area contributed by atoms with E-state index in [0.717, 1.165) is 0 Å². The van der Waals surface area contributed by atoms with E-state index in [1.807, 2.05) is 0 Å². The summed E-state index contributed by atoms with van der Waals surface area (Å²) >= 11 is 0. The first-order valence-corrected chi connectivity index (χ1v) is 7.53. The van der Waals surface area contributed by atoms with Crippen molar-refractivity contribution in [3.05, 3.63) is 39.9 Å². The third kappa shape index (κ3) is 3.04. The zero-order valence-corrected chi connectivity index (χ0v) is 12.9. The van der Waals surface area contributed by atoms with Crippen LogP contribution in [0.3, 0.4) is 0 Å². The molecule has 1 aliphatic rings. The normalized spacial score (nSPS) is 21.9. The van der Waals surface area contributed by atoms with Crippen LogP contribution in [0.15, 0.2) is 24.3 Å². The smallest absolute Gasteiger partial charge is 0.320 e. The highest BCUT2D eigenvalue weighted by molar-refractivity contribution is 6.06. The standard InChI is InChI=1S/C16H19NO6/c1-2-23-15(20)16(9-5-8-14(16)19)12(10-17(21)22)11-6-3-4-7-13(11)18/h3-4,6-7,12,18H,2,5,8-10H2,1H3/t12-,16+/m1/s1. The third-order valence-electron chi connectivity index (χ3n) is 4.35. The second-order valence-corrected chi connectivity index (χ2v) is 5.60. The third-order valence-corrected chi connectivity index (χ3v) is 4.35. The number of carbonyl (C=O) groups excluding carboxylic acids is 2. The number of carbonyl (C=O) groups is 2. The Hall–Kier alpha value is -2.44. The van der Waals surface area contributed by atoms with Crippen molar-refractivity contribution in [1.29, 1.82) is 0 Å². The Kier molecular flexibility index (Phi) is 4.98. The van der Waals surface area contributed by atoms with Crippen LogP contribution >= 0.6 is 0 Å². The number of ketones is 1. The molecule has 7 heteroatoms. The van der Waals surface area contributed by atoms with Crippen molar-refractivity contribution in [3.63, 3.8) is 0 Å². The SMILES string of the molecule is CCOC(=O)[C@]1([C@H](C[N+](=O)[O-])c2ccccc2O)CCCC1=O. The molecule has 0 heterocycles. The molecule has 0 saturated heterocycles. The number of hydrogen-bond donors (Lipinski definition) is 1. The fraction of sp³-hybridized carbons (Fsp3) is 0.500. The van der Waals surface area contributed by atoms with Gasteiger partial charge in [-0.2, -0.15) is 0 Å². The first-order valence-electron chi connectivity index (χ1n) is 7.53. The van der Waals surface area contributed by atoms with Crippen molar-refractivity contribution in [2.45, 2.75) is 32.1 Å². The van der Waals surface area contributed by atoms with E-state index in [-0.39, 0.29) is 36.5 Å². The van der Waals surface area contributed by atoms with Gasteiger partial charge >= 0.3 is 5.97 Å². The number of esters is 1. The predicted octanol–water partition coefficient (Wildman–Crippen LogP) is 2.05. The fourth-order valence-corrected chi connectivity index (χ4v) is 3.33. The maximum atomic E-state index is 12.5. The van der Waals surface area contributed by atoms with Crippen LogP contribution in [-0.2, 0) is 14.3 Å². The summed E-state index contributed by atoms with van der Waals surface area (Å²) in [5.41, 5.74) is -1.37. The van der Waals surface area contributed by atoms with Gasteiger partial charge in [0.05, 0.1) is 12.5 Å². The molecule has 124 valence electrons. The summed E-state index contributed by atoms with van der Waals surface area (Å²) in [6.07, 6.45) is 0.845. The molecule has 1 fully saturated rings. The molecule has 0 aromatic heterocycles.